The highest BCUT2D eigenvalue weighted by atomic mass is 32.2. The molecule has 0 aliphatic carbocycles. The van der Waals surface area contributed by atoms with Gasteiger partial charge in [0.1, 0.15) is 9.79 Å². The first-order valence-corrected chi connectivity index (χ1v) is 13.5. The molecule has 0 saturated carbocycles. The van der Waals surface area contributed by atoms with Crippen LogP contribution in [-0.2, 0) is 27.1 Å². The summed E-state index contributed by atoms with van der Waals surface area (Å²) in [6, 6.07) is 7.63. The fraction of sp³-hybridized carbons (Fsp3) is 0.263. The Hall–Kier alpha value is -3.48. The highest BCUT2D eigenvalue weighted by Crippen LogP contribution is 2.41. The lowest BCUT2D eigenvalue weighted by Crippen LogP contribution is -2.34. The third-order valence-corrected chi connectivity index (χ3v) is 8.10. The molecular weight excluding hydrogens is 512 g/mol. The maximum atomic E-state index is 13.2. The van der Waals surface area contributed by atoms with Crippen LogP contribution in [0.1, 0.15) is 6.42 Å². The van der Waals surface area contributed by atoms with Crippen molar-refractivity contribution in [2.24, 2.45) is 17.9 Å². The first-order chi connectivity index (χ1) is 17.0. The summed E-state index contributed by atoms with van der Waals surface area (Å²) in [7, 11) is -7.45. The molecule has 0 aliphatic heterocycles. The number of benzene rings is 2. The average Bonchev–Trinajstić information content (AvgIpc) is 3.45. The van der Waals surface area contributed by atoms with Crippen molar-refractivity contribution in [1.29, 1.82) is 0 Å². The highest BCUT2D eigenvalue weighted by Gasteiger charge is 2.33. The van der Waals surface area contributed by atoms with Gasteiger partial charge in [-0.3, -0.25) is 0 Å². The summed E-state index contributed by atoms with van der Waals surface area (Å²) in [6.45, 7) is -0.263. The number of nitrogens with two attached hydrogens (primary N) is 3. The van der Waals surface area contributed by atoms with Crippen LogP contribution < -0.4 is 21.3 Å². The number of aromatic amines is 1. The van der Waals surface area contributed by atoms with E-state index in [-0.39, 0.29) is 35.9 Å². The molecule has 15 nitrogen and oxygen atoms in total. The molecule has 0 spiro atoms. The molecule has 1 atom stereocenters. The van der Waals surface area contributed by atoms with Crippen molar-refractivity contribution in [3.8, 4) is 22.5 Å². The zero-order valence-corrected chi connectivity index (χ0v) is 20.6. The number of hydrogen-bond acceptors (Lipinski definition) is 11. The number of primary sulfonamides is 1. The number of aliphatic hydroxyl groups is 1. The first-order valence-electron chi connectivity index (χ1n) is 10.5. The Labute approximate surface area is 205 Å². The van der Waals surface area contributed by atoms with E-state index in [0.29, 0.717) is 16.6 Å². The van der Waals surface area contributed by atoms with Gasteiger partial charge in [0.2, 0.25) is 31.8 Å². The summed E-state index contributed by atoms with van der Waals surface area (Å²) in [5.41, 5.74) is 12.9. The smallest absolute Gasteiger partial charge is 0.242 e. The quantitative estimate of drug-likeness (QED) is 0.146. The second-order valence-electron chi connectivity index (χ2n) is 7.88. The zero-order chi connectivity index (χ0) is 26.3. The predicted molar refractivity (Wildman–Crippen MR) is 130 cm³/mol. The van der Waals surface area contributed by atoms with Crippen LogP contribution in [0.3, 0.4) is 0 Å². The molecule has 2 aromatic carbocycles. The number of anilines is 1. The molecule has 36 heavy (non-hydrogen) atoms. The minimum Gasteiger partial charge on any atom is -0.392 e. The fourth-order valence-electron chi connectivity index (χ4n) is 3.80. The molecule has 4 rings (SSSR count). The van der Waals surface area contributed by atoms with E-state index in [4.69, 9.17) is 16.6 Å². The third kappa shape index (κ3) is 4.66. The molecule has 0 radical (unpaired) electrons. The molecule has 17 heteroatoms. The van der Waals surface area contributed by atoms with E-state index in [2.05, 4.69) is 30.3 Å². The molecule has 2 aromatic heterocycles. The van der Waals surface area contributed by atoms with Crippen LogP contribution in [0.25, 0.3) is 33.5 Å². The van der Waals surface area contributed by atoms with Gasteiger partial charge in [0.15, 0.2) is 0 Å². The molecule has 4 aromatic rings. The number of fused-ring (bicyclic) bond motifs is 1. The molecular formula is C19H24N10O5S2. The molecule has 0 fully saturated rings. The Bertz CT molecular complexity index is 1630. The number of para-hydroxylation sites is 1. The van der Waals surface area contributed by atoms with E-state index >= 15 is 0 Å². The number of tetrazole rings is 1. The van der Waals surface area contributed by atoms with Crippen LogP contribution in [-0.4, -0.2) is 71.3 Å². The lowest BCUT2D eigenvalue weighted by molar-refractivity contribution is 0.171. The van der Waals surface area contributed by atoms with E-state index in [1.165, 1.54) is 6.07 Å². The monoisotopic (exact) mass is 536 g/mol. The van der Waals surface area contributed by atoms with Gasteiger partial charge >= 0.3 is 0 Å². The number of aliphatic hydroxyl groups excluding tert-OH is 1. The summed E-state index contributed by atoms with van der Waals surface area (Å²) in [6.07, 6.45) is -0.944. The molecule has 0 amide bonds. The molecule has 9 N–H and O–H groups in total. The van der Waals surface area contributed by atoms with Crippen LogP contribution in [0.15, 0.2) is 40.1 Å². The Kier molecular flexibility index (Phi) is 6.78. The number of aryl methyl sites for hydroxylation is 1. The van der Waals surface area contributed by atoms with E-state index < -0.39 is 42.5 Å². The number of hydrogen-bond donors (Lipinski definition) is 6. The topological polar surface area (TPSA) is 251 Å². The second kappa shape index (κ2) is 9.52. The molecule has 0 saturated heterocycles. The maximum Gasteiger partial charge on any atom is 0.242 e. The highest BCUT2D eigenvalue weighted by molar-refractivity contribution is 7.92. The molecule has 0 unspecified atom stereocenters. The maximum absolute atomic E-state index is 13.2. The van der Waals surface area contributed by atoms with Gasteiger partial charge in [-0.2, -0.15) is 5.21 Å². The van der Waals surface area contributed by atoms with Gasteiger partial charge in [-0.05, 0) is 35.9 Å². The fourth-order valence-corrected chi connectivity index (χ4v) is 6.47. The SMILES string of the molecule is Cn1c(N)nc2c(-c3ccc(S(=O)(=O)NC[C@@H](O)CCN)c(S(N)(=O)=O)c3-c3nn[nH]n3)cccc21. The van der Waals surface area contributed by atoms with E-state index in [9.17, 15) is 21.9 Å². The molecule has 0 bridgehead atoms. The van der Waals surface area contributed by atoms with Gasteiger partial charge in [0.25, 0.3) is 0 Å². The summed E-state index contributed by atoms with van der Waals surface area (Å²) in [5.74, 6) is -0.000173. The first kappa shape index (κ1) is 25.6. The molecule has 0 aliphatic rings. The van der Waals surface area contributed by atoms with Gasteiger partial charge in [-0.25, -0.2) is 31.7 Å². The number of nitrogen functional groups attached to an aromatic ring is 1. The summed E-state index contributed by atoms with van der Waals surface area (Å²) >= 11 is 0. The Morgan fingerprint density at radius 1 is 1.17 bits per heavy atom. The summed E-state index contributed by atoms with van der Waals surface area (Å²) < 4.78 is 55.9. The number of nitrogens with one attached hydrogen (secondary N) is 2. The van der Waals surface area contributed by atoms with Crippen molar-refractivity contribution in [2.45, 2.75) is 22.3 Å². The van der Waals surface area contributed by atoms with Crippen LogP contribution in [0, 0.1) is 0 Å². The standard InChI is InChI=1S/C19H24N10O5S2/c1-29-13-4-2-3-12(16(13)24-19(29)21)11-5-6-14(36(33,34)23-9-10(30)7-8-20)17(35(22,31)32)15(11)18-25-27-28-26-18/h2-6,10,23,30H,7-9,20H2,1H3,(H2,21,24)(H2,22,31,32)(H,25,26,27,28)/t10-/m0/s1. The number of aromatic nitrogens is 6. The van der Waals surface area contributed by atoms with E-state index in [1.54, 1.807) is 29.8 Å². The largest absolute Gasteiger partial charge is 0.392 e. The van der Waals surface area contributed by atoms with Gasteiger partial charge < -0.3 is 21.1 Å². The minimum absolute atomic E-state index is 0.131. The Morgan fingerprint density at radius 2 is 1.92 bits per heavy atom. The number of nitrogens with zero attached hydrogens (tertiary/aromatic N) is 5. The van der Waals surface area contributed by atoms with Crippen LogP contribution in [0.2, 0.25) is 0 Å². The van der Waals surface area contributed by atoms with Crippen molar-refractivity contribution in [2.75, 3.05) is 18.8 Å². The number of rotatable bonds is 9. The minimum atomic E-state index is -4.68. The number of H-pyrrole nitrogens is 1. The molecule has 192 valence electrons. The van der Waals surface area contributed by atoms with Crippen LogP contribution in [0.4, 0.5) is 5.95 Å². The van der Waals surface area contributed by atoms with Crippen LogP contribution in [0.5, 0.6) is 0 Å². The zero-order valence-electron chi connectivity index (χ0n) is 19.0. The summed E-state index contributed by atoms with van der Waals surface area (Å²) in [4.78, 5) is 2.97. The average molecular weight is 537 g/mol. The lowest BCUT2D eigenvalue weighted by atomic mass is 9.98. The number of imidazole rings is 1. The normalized spacial score (nSPS) is 13.3. The van der Waals surface area contributed by atoms with Crippen molar-refractivity contribution >= 4 is 37.0 Å². The summed E-state index contributed by atoms with van der Waals surface area (Å²) in [5, 5.41) is 28.9. The van der Waals surface area contributed by atoms with Gasteiger partial charge in [-0.15, -0.1) is 10.2 Å². The second-order valence-corrected chi connectivity index (χ2v) is 11.1. The van der Waals surface area contributed by atoms with Gasteiger partial charge in [0, 0.05) is 19.2 Å². The van der Waals surface area contributed by atoms with Crippen molar-refractivity contribution < 1.29 is 21.9 Å². The third-order valence-electron chi connectivity index (χ3n) is 5.51. The Morgan fingerprint density at radius 3 is 2.56 bits per heavy atom. The van der Waals surface area contributed by atoms with E-state index in [0.717, 1.165) is 6.07 Å². The Balaban J connectivity index is 2.03. The van der Waals surface area contributed by atoms with Crippen molar-refractivity contribution in [3.63, 3.8) is 0 Å². The van der Waals surface area contributed by atoms with Crippen molar-refractivity contribution in [3.05, 3.63) is 30.3 Å². The number of sulfonamides is 2. The lowest BCUT2D eigenvalue weighted by Gasteiger charge is -2.17. The van der Waals surface area contributed by atoms with Crippen molar-refractivity contribution in [1.82, 2.24) is 34.9 Å². The van der Waals surface area contributed by atoms with E-state index in [1.807, 2.05) is 0 Å². The predicted octanol–water partition coefficient (Wildman–Crippen LogP) is -1.36. The molecule has 2 heterocycles. The van der Waals surface area contributed by atoms with Crippen LogP contribution >= 0.6 is 0 Å². The van der Waals surface area contributed by atoms with Gasteiger partial charge in [-0.1, -0.05) is 18.2 Å². The van der Waals surface area contributed by atoms with Gasteiger partial charge in [0.05, 0.1) is 22.7 Å².